The minimum Gasteiger partial charge on any atom is -0.481 e. The van der Waals surface area contributed by atoms with E-state index in [-0.39, 0.29) is 12.0 Å². The van der Waals surface area contributed by atoms with Gasteiger partial charge in [0.05, 0.1) is 22.0 Å². The molecule has 4 nitrogen and oxygen atoms in total. The van der Waals surface area contributed by atoms with Gasteiger partial charge in [-0.2, -0.15) is 0 Å². The summed E-state index contributed by atoms with van der Waals surface area (Å²) in [7, 11) is 0. The van der Waals surface area contributed by atoms with E-state index < -0.39 is 5.97 Å². The van der Waals surface area contributed by atoms with Gasteiger partial charge < -0.3 is 5.11 Å². The molecule has 1 aromatic carbocycles. The third-order valence-corrected chi connectivity index (χ3v) is 5.52. The summed E-state index contributed by atoms with van der Waals surface area (Å²) < 4.78 is 0. The molecule has 2 atom stereocenters. The molecule has 0 saturated carbocycles. The molecule has 1 N–H and O–H groups in total. The van der Waals surface area contributed by atoms with E-state index in [1.165, 1.54) is 0 Å². The molecule has 132 valence electrons. The number of likely N-dealkylation sites (tertiary alicyclic amines) is 1. The molecular formula is C19H20Cl2N2O2. The summed E-state index contributed by atoms with van der Waals surface area (Å²) in [4.78, 5) is 17.9. The Morgan fingerprint density at radius 1 is 1.32 bits per heavy atom. The number of hydrogen-bond acceptors (Lipinski definition) is 3. The van der Waals surface area contributed by atoms with Gasteiger partial charge in [0.25, 0.3) is 0 Å². The molecule has 0 radical (unpaired) electrons. The smallest absolute Gasteiger partial charge is 0.307 e. The summed E-state index contributed by atoms with van der Waals surface area (Å²) in [5.74, 6) is -1.08. The third kappa shape index (κ3) is 3.97. The number of benzene rings is 1. The average molecular weight is 379 g/mol. The second-order valence-corrected chi connectivity index (χ2v) is 7.30. The first-order valence-corrected chi connectivity index (χ1v) is 9.05. The van der Waals surface area contributed by atoms with Gasteiger partial charge in [0.2, 0.25) is 0 Å². The maximum Gasteiger partial charge on any atom is 0.307 e. The third-order valence-electron chi connectivity index (χ3n) is 4.78. The molecule has 1 fully saturated rings. The van der Waals surface area contributed by atoms with Crippen molar-refractivity contribution in [3.05, 3.63) is 63.4 Å². The van der Waals surface area contributed by atoms with Crippen LogP contribution in [-0.2, 0) is 4.79 Å². The Kier molecular flexibility index (Phi) is 5.62. The highest BCUT2D eigenvalue weighted by Gasteiger charge is 2.32. The van der Waals surface area contributed by atoms with Gasteiger partial charge in [0.1, 0.15) is 0 Å². The number of aliphatic carboxylic acids is 1. The van der Waals surface area contributed by atoms with E-state index in [1.807, 2.05) is 31.3 Å². The molecular weight excluding hydrogens is 359 g/mol. The van der Waals surface area contributed by atoms with Crippen molar-refractivity contribution in [1.82, 2.24) is 9.88 Å². The molecule has 0 bridgehead atoms. The molecule has 1 aliphatic rings. The van der Waals surface area contributed by atoms with Crippen molar-refractivity contribution in [1.29, 1.82) is 0 Å². The van der Waals surface area contributed by atoms with Crippen LogP contribution in [0.3, 0.4) is 0 Å². The van der Waals surface area contributed by atoms with E-state index in [0.29, 0.717) is 16.6 Å². The summed E-state index contributed by atoms with van der Waals surface area (Å²) in [6, 6.07) is 7.55. The van der Waals surface area contributed by atoms with Gasteiger partial charge in [0.15, 0.2) is 0 Å². The van der Waals surface area contributed by atoms with Crippen molar-refractivity contribution < 1.29 is 9.90 Å². The predicted molar refractivity (Wildman–Crippen MR) is 99.2 cm³/mol. The summed E-state index contributed by atoms with van der Waals surface area (Å²) in [5, 5.41) is 10.5. The number of aryl methyl sites for hydroxylation is 1. The molecule has 2 unspecified atom stereocenters. The Bertz CT molecular complexity index is 782. The number of nitrogens with zero attached hydrogens (tertiary/aromatic N) is 2. The monoisotopic (exact) mass is 378 g/mol. The molecule has 0 aliphatic carbocycles. The number of aromatic nitrogens is 1. The van der Waals surface area contributed by atoms with Gasteiger partial charge in [-0.05, 0) is 61.2 Å². The number of piperidine rings is 1. The maximum atomic E-state index is 11.5. The zero-order chi connectivity index (χ0) is 18.0. The van der Waals surface area contributed by atoms with Crippen LogP contribution >= 0.6 is 23.2 Å². The summed E-state index contributed by atoms with van der Waals surface area (Å²) in [6.07, 6.45) is 5.18. The van der Waals surface area contributed by atoms with Crippen molar-refractivity contribution in [2.75, 3.05) is 13.1 Å². The minimum atomic E-state index is -0.732. The highest BCUT2D eigenvalue weighted by atomic mass is 35.5. The van der Waals surface area contributed by atoms with Gasteiger partial charge in [-0.1, -0.05) is 29.3 Å². The zero-order valence-corrected chi connectivity index (χ0v) is 15.5. The molecule has 2 heterocycles. The van der Waals surface area contributed by atoms with Crippen molar-refractivity contribution in [3.8, 4) is 0 Å². The van der Waals surface area contributed by atoms with Crippen LogP contribution in [0.2, 0.25) is 10.0 Å². The SMILES string of the molecule is Cc1cnccc1C(c1ccc(Cl)c(Cl)c1)N1CCCC(C(=O)O)C1. The summed E-state index contributed by atoms with van der Waals surface area (Å²) >= 11 is 12.3. The van der Waals surface area contributed by atoms with Crippen molar-refractivity contribution >= 4 is 29.2 Å². The molecule has 0 amide bonds. The average Bonchev–Trinajstić information content (AvgIpc) is 2.60. The summed E-state index contributed by atoms with van der Waals surface area (Å²) in [5.41, 5.74) is 3.19. The van der Waals surface area contributed by atoms with Gasteiger partial charge in [-0.3, -0.25) is 14.7 Å². The topological polar surface area (TPSA) is 53.4 Å². The van der Waals surface area contributed by atoms with Gasteiger partial charge in [-0.25, -0.2) is 0 Å². The van der Waals surface area contributed by atoms with Crippen molar-refractivity contribution in [3.63, 3.8) is 0 Å². The fraction of sp³-hybridized carbons (Fsp3) is 0.368. The lowest BCUT2D eigenvalue weighted by Gasteiger charge is -2.38. The van der Waals surface area contributed by atoms with E-state index in [9.17, 15) is 9.90 Å². The molecule has 6 heteroatoms. The van der Waals surface area contributed by atoms with Crippen LogP contribution in [0.1, 0.15) is 35.6 Å². The first-order chi connectivity index (χ1) is 12.0. The van der Waals surface area contributed by atoms with Crippen LogP contribution in [0, 0.1) is 12.8 Å². The number of carboxylic acids is 1. The van der Waals surface area contributed by atoms with Crippen molar-refractivity contribution in [2.24, 2.45) is 5.92 Å². The molecule has 2 aromatic rings. The largest absolute Gasteiger partial charge is 0.481 e. The first kappa shape index (κ1) is 18.2. The van der Waals surface area contributed by atoms with E-state index in [0.717, 1.165) is 36.1 Å². The van der Waals surface area contributed by atoms with Crippen molar-refractivity contribution in [2.45, 2.75) is 25.8 Å². The van der Waals surface area contributed by atoms with Crippen LogP contribution in [0.15, 0.2) is 36.7 Å². The quantitative estimate of drug-likeness (QED) is 0.845. The van der Waals surface area contributed by atoms with Crippen LogP contribution in [0.25, 0.3) is 0 Å². The number of halogens is 2. The Hall–Kier alpha value is -1.62. The molecule has 1 aromatic heterocycles. The van der Waals surface area contributed by atoms with E-state index in [1.54, 1.807) is 12.3 Å². The molecule has 1 saturated heterocycles. The summed E-state index contributed by atoms with van der Waals surface area (Å²) in [6.45, 7) is 3.38. The van der Waals surface area contributed by atoms with Crippen LogP contribution in [0.5, 0.6) is 0 Å². The lowest BCUT2D eigenvalue weighted by molar-refractivity contribution is -0.143. The molecule has 1 aliphatic heterocycles. The minimum absolute atomic E-state index is 0.0695. The number of carboxylic acid groups (broad SMARTS) is 1. The Morgan fingerprint density at radius 2 is 2.12 bits per heavy atom. The Morgan fingerprint density at radius 3 is 2.80 bits per heavy atom. The van der Waals surface area contributed by atoms with E-state index in [2.05, 4.69) is 9.88 Å². The number of carbonyl (C=O) groups is 1. The highest BCUT2D eigenvalue weighted by molar-refractivity contribution is 6.42. The lowest BCUT2D eigenvalue weighted by Crippen LogP contribution is -2.41. The lowest BCUT2D eigenvalue weighted by atomic mass is 9.90. The fourth-order valence-corrected chi connectivity index (χ4v) is 3.81. The Balaban J connectivity index is 2.04. The van der Waals surface area contributed by atoms with Crippen LogP contribution < -0.4 is 0 Å². The maximum absolute atomic E-state index is 11.5. The second kappa shape index (κ2) is 7.73. The van der Waals surface area contributed by atoms with E-state index >= 15 is 0 Å². The molecule has 3 rings (SSSR count). The number of rotatable bonds is 4. The zero-order valence-electron chi connectivity index (χ0n) is 14.0. The fourth-order valence-electron chi connectivity index (χ4n) is 3.50. The number of hydrogen-bond donors (Lipinski definition) is 1. The predicted octanol–water partition coefficient (Wildman–Crippen LogP) is 4.58. The van der Waals surface area contributed by atoms with Crippen LogP contribution in [0.4, 0.5) is 0 Å². The standard InChI is InChI=1S/C19H20Cl2N2O2/c1-12-10-22-7-6-15(12)18(13-4-5-16(20)17(21)9-13)23-8-2-3-14(11-23)19(24)25/h4-7,9-10,14,18H,2-3,8,11H2,1H3,(H,24,25). The number of pyridine rings is 1. The first-order valence-electron chi connectivity index (χ1n) is 8.29. The highest BCUT2D eigenvalue weighted by Crippen LogP contribution is 2.36. The second-order valence-electron chi connectivity index (χ2n) is 6.48. The molecule has 25 heavy (non-hydrogen) atoms. The van der Waals surface area contributed by atoms with Gasteiger partial charge >= 0.3 is 5.97 Å². The normalized spacial score (nSPS) is 19.6. The van der Waals surface area contributed by atoms with Crippen LogP contribution in [-0.4, -0.2) is 34.0 Å². The Labute approximate surface area is 157 Å². The van der Waals surface area contributed by atoms with E-state index in [4.69, 9.17) is 23.2 Å². The van der Waals surface area contributed by atoms with Gasteiger partial charge in [-0.15, -0.1) is 0 Å². The molecule has 0 spiro atoms. The van der Waals surface area contributed by atoms with Gasteiger partial charge in [0, 0.05) is 18.9 Å².